The predicted octanol–water partition coefficient (Wildman–Crippen LogP) is 1.84. The molecular formula is C14H14N2O2. The third kappa shape index (κ3) is 2.21. The first kappa shape index (κ1) is 12.2. The zero-order chi connectivity index (χ0) is 13.1. The van der Waals surface area contributed by atoms with Crippen LogP contribution in [0.5, 0.6) is 0 Å². The van der Waals surface area contributed by atoms with E-state index in [1.165, 1.54) is 0 Å². The van der Waals surface area contributed by atoms with E-state index in [1.807, 2.05) is 43.3 Å². The van der Waals surface area contributed by atoms with Gasteiger partial charge in [-0.3, -0.25) is 0 Å². The number of cyclic esters (lactones) is 1. The minimum absolute atomic E-state index is 0.266. The van der Waals surface area contributed by atoms with E-state index in [4.69, 9.17) is 4.74 Å². The Morgan fingerprint density at radius 1 is 1.33 bits per heavy atom. The fraction of sp³-hybridized carbons (Fsp3) is 0.286. The number of hydrogen-bond acceptors (Lipinski definition) is 4. The zero-order valence-electron chi connectivity index (χ0n) is 10.4. The molecule has 1 atom stereocenters. The molecule has 1 unspecified atom stereocenters. The largest absolute Gasteiger partial charge is 0.458 e. The van der Waals surface area contributed by atoms with E-state index in [0.29, 0.717) is 5.57 Å². The lowest BCUT2D eigenvalue weighted by Crippen LogP contribution is -2.10. The summed E-state index contributed by atoms with van der Waals surface area (Å²) in [6, 6.07) is 9.76. The SMILES string of the molecule is CN(C)c1ccc(C(C#N)C2=CCOC2=O)cc1. The molecule has 1 aliphatic heterocycles. The standard InChI is InChI=1S/C14H14N2O2/c1-16(2)11-5-3-10(4-6-11)13(9-15)12-7-8-18-14(12)17/h3-7,13H,8H2,1-2H3. The highest BCUT2D eigenvalue weighted by molar-refractivity contribution is 5.93. The van der Waals surface area contributed by atoms with Crippen LogP contribution >= 0.6 is 0 Å². The number of hydrogen-bond donors (Lipinski definition) is 0. The molecule has 0 saturated carbocycles. The second-order valence-electron chi connectivity index (χ2n) is 4.31. The van der Waals surface area contributed by atoms with Gasteiger partial charge in [-0.1, -0.05) is 12.1 Å². The Labute approximate surface area is 106 Å². The number of carbonyl (C=O) groups is 1. The minimum Gasteiger partial charge on any atom is -0.458 e. The number of carbonyl (C=O) groups excluding carboxylic acids is 1. The molecule has 0 amide bonds. The van der Waals surface area contributed by atoms with Gasteiger partial charge in [0.25, 0.3) is 0 Å². The fourth-order valence-electron chi connectivity index (χ4n) is 1.90. The van der Waals surface area contributed by atoms with Gasteiger partial charge in [0.2, 0.25) is 0 Å². The second kappa shape index (κ2) is 4.92. The first-order valence-electron chi connectivity index (χ1n) is 5.67. The summed E-state index contributed by atoms with van der Waals surface area (Å²) in [6.45, 7) is 0.266. The molecule has 0 aliphatic carbocycles. The molecule has 2 rings (SSSR count). The molecule has 4 heteroatoms. The van der Waals surface area contributed by atoms with Crippen LogP contribution in [0.1, 0.15) is 11.5 Å². The number of nitriles is 1. The smallest absolute Gasteiger partial charge is 0.335 e. The van der Waals surface area contributed by atoms with Crippen LogP contribution in [0.3, 0.4) is 0 Å². The molecule has 0 spiro atoms. The fourth-order valence-corrected chi connectivity index (χ4v) is 1.90. The van der Waals surface area contributed by atoms with Crippen molar-refractivity contribution in [3.63, 3.8) is 0 Å². The Morgan fingerprint density at radius 2 is 2.00 bits per heavy atom. The summed E-state index contributed by atoms with van der Waals surface area (Å²) in [5.41, 5.74) is 2.31. The Balaban J connectivity index is 2.29. The van der Waals surface area contributed by atoms with Crippen molar-refractivity contribution in [1.29, 1.82) is 5.26 Å². The van der Waals surface area contributed by atoms with E-state index in [-0.39, 0.29) is 6.61 Å². The monoisotopic (exact) mass is 242 g/mol. The van der Waals surface area contributed by atoms with E-state index in [2.05, 4.69) is 6.07 Å². The molecule has 18 heavy (non-hydrogen) atoms. The maximum atomic E-state index is 11.5. The Bertz CT molecular complexity index is 524. The van der Waals surface area contributed by atoms with Crippen molar-refractivity contribution in [2.45, 2.75) is 5.92 Å². The van der Waals surface area contributed by atoms with Crippen molar-refractivity contribution >= 4 is 11.7 Å². The summed E-state index contributed by atoms with van der Waals surface area (Å²) >= 11 is 0. The Morgan fingerprint density at radius 3 is 2.44 bits per heavy atom. The molecule has 1 aliphatic rings. The molecule has 0 N–H and O–H groups in total. The molecule has 0 saturated heterocycles. The van der Waals surface area contributed by atoms with Crippen molar-refractivity contribution in [3.05, 3.63) is 41.5 Å². The summed E-state index contributed by atoms with van der Waals surface area (Å²) in [5, 5.41) is 9.23. The van der Waals surface area contributed by atoms with Gasteiger partial charge < -0.3 is 9.64 Å². The highest BCUT2D eigenvalue weighted by Crippen LogP contribution is 2.28. The lowest BCUT2D eigenvalue weighted by molar-refractivity contribution is -0.136. The summed E-state index contributed by atoms with van der Waals surface area (Å²) in [7, 11) is 3.90. The van der Waals surface area contributed by atoms with Gasteiger partial charge in [0, 0.05) is 19.8 Å². The molecule has 1 aromatic rings. The minimum atomic E-state index is -0.545. The quantitative estimate of drug-likeness (QED) is 0.759. The van der Waals surface area contributed by atoms with E-state index in [0.717, 1.165) is 11.3 Å². The lowest BCUT2D eigenvalue weighted by Gasteiger charge is -2.14. The number of esters is 1. The summed E-state index contributed by atoms with van der Waals surface area (Å²) in [6.07, 6.45) is 1.68. The Kier molecular flexibility index (Phi) is 3.33. The zero-order valence-corrected chi connectivity index (χ0v) is 10.4. The van der Waals surface area contributed by atoms with Crippen LogP contribution in [-0.2, 0) is 9.53 Å². The van der Waals surface area contributed by atoms with Gasteiger partial charge in [0.05, 0.1) is 11.6 Å². The third-order valence-corrected chi connectivity index (χ3v) is 2.94. The average molecular weight is 242 g/mol. The van der Waals surface area contributed by atoms with Crippen molar-refractivity contribution in [3.8, 4) is 6.07 Å². The van der Waals surface area contributed by atoms with Gasteiger partial charge in [-0.25, -0.2) is 4.79 Å². The van der Waals surface area contributed by atoms with Crippen LogP contribution in [0.15, 0.2) is 35.9 Å². The van der Waals surface area contributed by atoms with Gasteiger partial charge in [0.15, 0.2) is 0 Å². The first-order chi connectivity index (χ1) is 8.63. The van der Waals surface area contributed by atoms with Crippen molar-refractivity contribution in [2.24, 2.45) is 0 Å². The van der Waals surface area contributed by atoms with Gasteiger partial charge in [-0.15, -0.1) is 0 Å². The first-order valence-corrected chi connectivity index (χ1v) is 5.67. The van der Waals surface area contributed by atoms with E-state index < -0.39 is 11.9 Å². The van der Waals surface area contributed by atoms with Gasteiger partial charge in [-0.2, -0.15) is 5.26 Å². The average Bonchev–Trinajstić information content (AvgIpc) is 2.78. The molecule has 0 fully saturated rings. The van der Waals surface area contributed by atoms with Crippen LogP contribution in [0, 0.1) is 11.3 Å². The number of nitrogens with zero attached hydrogens (tertiary/aromatic N) is 2. The topological polar surface area (TPSA) is 53.3 Å². The van der Waals surface area contributed by atoms with Crippen LogP contribution in [0.25, 0.3) is 0 Å². The summed E-state index contributed by atoms with van der Waals surface area (Å²) in [4.78, 5) is 13.5. The molecule has 0 aromatic heterocycles. The van der Waals surface area contributed by atoms with Crippen molar-refractivity contribution in [2.75, 3.05) is 25.6 Å². The van der Waals surface area contributed by atoms with Gasteiger partial charge >= 0.3 is 5.97 Å². The number of benzene rings is 1. The van der Waals surface area contributed by atoms with Crippen molar-refractivity contribution in [1.82, 2.24) is 0 Å². The third-order valence-electron chi connectivity index (χ3n) is 2.94. The number of rotatable bonds is 3. The van der Waals surface area contributed by atoms with Gasteiger partial charge in [0.1, 0.15) is 12.5 Å². The summed E-state index contributed by atoms with van der Waals surface area (Å²) in [5.74, 6) is -0.936. The molecule has 4 nitrogen and oxygen atoms in total. The normalized spacial score (nSPS) is 15.6. The lowest BCUT2D eigenvalue weighted by atomic mass is 9.92. The highest BCUT2D eigenvalue weighted by Gasteiger charge is 2.27. The van der Waals surface area contributed by atoms with Crippen LogP contribution in [0.4, 0.5) is 5.69 Å². The summed E-state index contributed by atoms with van der Waals surface area (Å²) < 4.78 is 4.84. The van der Waals surface area contributed by atoms with E-state index >= 15 is 0 Å². The van der Waals surface area contributed by atoms with Crippen LogP contribution in [0.2, 0.25) is 0 Å². The second-order valence-corrected chi connectivity index (χ2v) is 4.31. The number of ether oxygens (including phenoxy) is 1. The van der Waals surface area contributed by atoms with E-state index in [9.17, 15) is 10.1 Å². The maximum absolute atomic E-state index is 11.5. The highest BCUT2D eigenvalue weighted by atomic mass is 16.5. The molecule has 1 aromatic carbocycles. The molecule has 1 heterocycles. The predicted molar refractivity (Wildman–Crippen MR) is 68.2 cm³/mol. The van der Waals surface area contributed by atoms with Crippen molar-refractivity contribution < 1.29 is 9.53 Å². The molecule has 0 bridgehead atoms. The van der Waals surface area contributed by atoms with Crippen LogP contribution < -0.4 is 4.90 Å². The Hall–Kier alpha value is -2.28. The maximum Gasteiger partial charge on any atom is 0.335 e. The number of anilines is 1. The molecular weight excluding hydrogens is 228 g/mol. The van der Waals surface area contributed by atoms with E-state index in [1.54, 1.807) is 6.08 Å². The van der Waals surface area contributed by atoms with Crippen LogP contribution in [-0.4, -0.2) is 26.7 Å². The molecule has 0 radical (unpaired) electrons. The van der Waals surface area contributed by atoms with Gasteiger partial charge in [-0.05, 0) is 23.8 Å². The molecule has 92 valence electrons.